The number of hydrogen-bond acceptors (Lipinski definition) is 5. The van der Waals surface area contributed by atoms with E-state index in [0.717, 1.165) is 16.8 Å². The fraction of sp³-hybridized carbons (Fsp3) is 0.240. The van der Waals surface area contributed by atoms with Crippen LogP contribution >= 0.6 is 11.3 Å². The van der Waals surface area contributed by atoms with Crippen molar-refractivity contribution in [2.45, 2.75) is 32.9 Å². The summed E-state index contributed by atoms with van der Waals surface area (Å²) in [6, 6.07) is 16.5. The lowest BCUT2D eigenvalue weighted by Crippen LogP contribution is -2.41. The Morgan fingerprint density at radius 2 is 1.85 bits per heavy atom. The van der Waals surface area contributed by atoms with Crippen molar-refractivity contribution in [1.29, 1.82) is 0 Å². The van der Waals surface area contributed by atoms with Gasteiger partial charge in [0.2, 0.25) is 5.91 Å². The standard InChI is InChI=1S/C25H25N3O4S/c1-16(2)19-9-4-5-10-20(19)26-22(29)15-27-21-11-12-33-23(21)24(30)28(25(27)31)14-17-7-6-8-18(13-17)32-3/h4-13,16H,14-15H2,1-3H3,(H,26,29). The van der Waals surface area contributed by atoms with Crippen LogP contribution in [0.1, 0.15) is 30.9 Å². The maximum atomic E-state index is 13.3. The number of methoxy groups -OCH3 is 1. The Bertz CT molecular complexity index is 1430. The van der Waals surface area contributed by atoms with Crippen LogP contribution < -0.4 is 21.3 Å². The third-order valence-electron chi connectivity index (χ3n) is 5.47. The lowest BCUT2D eigenvalue weighted by molar-refractivity contribution is -0.116. The largest absolute Gasteiger partial charge is 0.497 e. The maximum absolute atomic E-state index is 13.3. The first-order valence-electron chi connectivity index (χ1n) is 10.6. The number of benzene rings is 2. The molecule has 0 saturated carbocycles. The van der Waals surface area contributed by atoms with Gasteiger partial charge in [0, 0.05) is 5.69 Å². The fourth-order valence-electron chi connectivity index (χ4n) is 3.83. The van der Waals surface area contributed by atoms with Gasteiger partial charge in [-0.15, -0.1) is 11.3 Å². The molecular weight excluding hydrogens is 438 g/mol. The van der Waals surface area contributed by atoms with E-state index >= 15 is 0 Å². The normalized spacial score (nSPS) is 11.2. The van der Waals surface area contributed by atoms with E-state index in [2.05, 4.69) is 19.2 Å². The van der Waals surface area contributed by atoms with Gasteiger partial charge in [0.25, 0.3) is 5.56 Å². The molecule has 4 rings (SSSR count). The summed E-state index contributed by atoms with van der Waals surface area (Å²) in [4.78, 5) is 39.3. The number of carbonyl (C=O) groups excluding carboxylic acids is 1. The molecule has 0 aliphatic heterocycles. The number of nitrogens with zero attached hydrogens (tertiary/aromatic N) is 2. The second-order valence-electron chi connectivity index (χ2n) is 8.04. The van der Waals surface area contributed by atoms with Crippen LogP contribution in [0.25, 0.3) is 10.2 Å². The average Bonchev–Trinajstić information content (AvgIpc) is 3.30. The van der Waals surface area contributed by atoms with Gasteiger partial charge in [0.05, 0.1) is 19.2 Å². The van der Waals surface area contributed by atoms with Crippen molar-refractivity contribution in [2.24, 2.45) is 0 Å². The van der Waals surface area contributed by atoms with Crippen molar-refractivity contribution in [3.05, 3.63) is 91.9 Å². The molecule has 8 heteroatoms. The first-order valence-corrected chi connectivity index (χ1v) is 11.5. The fourth-order valence-corrected chi connectivity index (χ4v) is 4.67. The number of fused-ring (bicyclic) bond motifs is 1. The molecule has 4 aromatic rings. The van der Waals surface area contributed by atoms with E-state index in [-0.39, 0.29) is 30.5 Å². The minimum Gasteiger partial charge on any atom is -0.497 e. The number of amides is 1. The molecule has 2 aromatic heterocycles. The number of aromatic nitrogens is 2. The Hall–Kier alpha value is -3.65. The molecule has 0 unspecified atom stereocenters. The number of carbonyl (C=O) groups is 1. The van der Waals surface area contributed by atoms with Crippen molar-refractivity contribution in [3.63, 3.8) is 0 Å². The predicted molar refractivity (Wildman–Crippen MR) is 132 cm³/mol. The van der Waals surface area contributed by atoms with Crippen LogP contribution in [0.15, 0.2) is 69.6 Å². The van der Waals surface area contributed by atoms with E-state index < -0.39 is 5.69 Å². The maximum Gasteiger partial charge on any atom is 0.332 e. The molecule has 1 amide bonds. The zero-order chi connectivity index (χ0) is 23.5. The monoisotopic (exact) mass is 463 g/mol. The van der Waals surface area contributed by atoms with Crippen LogP contribution in [0, 0.1) is 0 Å². The first kappa shape index (κ1) is 22.5. The molecular formula is C25H25N3O4S. The summed E-state index contributed by atoms with van der Waals surface area (Å²) in [6.45, 7) is 4.00. The van der Waals surface area contributed by atoms with Crippen molar-refractivity contribution in [2.75, 3.05) is 12.4 Å². The molecule has 33 heavy (non-hydrogen) atoms. The van der Waals surface area contributed by atoms with Gasteiger partial charge in [-0.1, -0.05) is 44.2 Å². The Labute approximate surface area is 194 Å². The molecule has 0 atom stereocenters. The number of anilines is 1. The molecule has 0 saturated heterocycles. The molecule has 2 aromatic carbocycles. The summed E-state index contributed by atoms with van der Waals surface area (Å²) < 4.78 is 8.22. The SMILES string of the molecule is COc1cccc(Cn2c(=O)c3sccc3n(CC(=O)Nc3ccccc3C(C)C)c2=O)c1. The highest BCUT2D eigenvalue weighted by Gasteiger charge is 2.18. The van der Waals surface area contributed by atoms with Crippen LogP contribution in [0.3, 0.4) is 0 Å². The van der Waals surface area contributed by atoms with Crippen molar-refractivity contribution >= 4 is 33.1 Å². The van der Waals surface area contributed by atoms with Gasteiger partial charge in [-0.2, -0.15) is 0 Å². The summed E-state index contributed by atoms with van der Waals surface area (Å²) in [6.07, 6.45) is 0. The number of thiophene rings is 1. The topological polar surface area (TPSA) is 82.3 Å². The molecule has 2 heterocycles. The van der Waals surface area contributed by atoms with Crippen LogP contribution in [0.2, 0.25) is 0 Å². The summed E-state index contributed by atoms with van der Waals surface area (Å²) in [5, 5.41) is 4.68. The molecule has 0 fully saturated rings. The molecule has 0 bridgehead atoms. The molecule has 170 valence electrons. The van der Waals surface area contributed by atoms with Gasteiger partial charge < -0.3 is 10.1 Å². The minimum absolute atomic E-state index is 0.0838. The molecule has 1 N–H and O–H groups in total. The van der Waals surface area contributed by atoms with E-state index in [1.54, 1.807) is 36.8 Å². The van der Waals surface area contributed by atoms with E-state index in [9.17, 15) is 14.4 Å². The Morgan fingerprint density at radius 1 is 1.06 bits per heavy atom. The van der Waals surface area contributed by atoms with Crippen LogP contribution in [0.5, 0.6) is 5.75 Å². The molecule has 7 nitrogen and oxygen atoms in total. The van der Waals surface area contributed by atoms with Gasteiger partial charge in [0.15, 0.2) is 0 Å². The summed E-state index contributed by atoms with van der Waals surface area (Å²) >= 11 is 1.26. The van der Waals surface area contributed by atoms with E-state index in [4.69, 9.17) is 4.74 Å². The Morgan fingerprint density at radius 3 is 2.61 bits per heavy atom. The number of hydrogen-bond donors (Lipinski definition) is 1. The zero-order valence-electron chi connectivity index (χ0n) is 18.7. The average molecular weight is 464 g/mol. The van der Waals surface area contributed by atoms with E-state index in [1.165, 1.54) is 20.5 Å². The predicted octanol–water partition coefficient (Wildman–Crippen LogP) is 4.04. The number of nitrogens with one attached hydrogen (secondary N) is 1. The van der Waals surface area contributed by atoms with Gasteiger partial charge in [0.1, 0.15) is 17.0 Å². The minimum atomic E-state index is -0.527. The first-order chi connectivity index (χ1) is 15.9. The second-order valence-corrected chi connectivity index (χ2v) is 8.95. The molecule has 0 aliphatic carbocycles. The Kier molecular flexibility index (Phi) is 6.46. The third-order valence-corrected chi connectivity index (χ3v) is 6.36. The van der Waals surface area contributed by atoms with E-state index in [0.29, 0.717) is 16.0 Å². The number of para-hydroxylation sites is 1. The number of ether oxygens (including phenoxy) is 1. The zero-order valence-corrected chi connectivity index (χ0v) is 19.5. The summed E-state index contributed by atoms with van der Waals surface area (Å²) in [5.41, 5.74) is 2.06. The lowest BCUT2D eigenvalue weighted by Gasteiger charge is -2.15. The van der Waals surface area contributed by atoms with Crippen LogP contribution in [0.4, 0.5) is 5.69 Å². The highest BCUT2D eigenvalue weighted by molar-refractivity contribution is 7.17. The van der Waals surface area contributed by atoms with Gasteiger partial charge >= 0.3 is 5.69 Å². The summed E-state index contributed by atoms with van der Waals surface area (Å²) in [5.74, 6) is 0.545. The van der Waals surface area contributed by atoms with Crippen LogP contribution in [-0.4, -0.2) is 22.2 Å². The van der Waals surface area contributed by atoms with Crippen molar-refractivity contribution < 1.29 is 9.53 Å². The molecule has 0 spiro atoms. The number of rotatable bonds is 7. The summed E-state index contributed by atoms with van der Waals surface area (Å²) in [7, 11) is 1.56. The van der Waals surface area contributed by atoms with Crippen molar-refractivity contribution in [3.8, 4) is 5.75 Å². The van der Waals surface area contributed by atoms with Gasteiger partial charge in [-0.25, -0.2) is 4.79 Å². The lowest BCUT2D eigenvalue weighted by atomic mass is 10.0. The second kappa shape index (κ2) is 9.46. The highest BCUT2D eigenvalue weighted by Crippen LogP contribution is 2.24. The van der Waals surface area contributed by atoms with Crippen molar-refractivity contribution in [1.82, 2.24) is 9.13 Å². The third kappa shape index (κ3) is 4.61. The van der Waals surface area contributed by atoms with Gasteiger partial charge in [-0.05, 0) is 46.7 Å². The van der Waals surface area contributed by atoms with Gasteiger partial charge in [-0.3, -0.25) is 18.7 Å². The molecule has 0 aliphatic rings. The molecule has 0 radical (unpaired) electrons. The quantitative estimate of drug-likeness (QED) is 0.448. The van der Waals surface area contributed by atoms with E-state index in [1.807, 2.05) is 30.3 Å². The van der Waals surface area contributed by atoms with Crippen LogP contribution in [-0.2, 0) is 17.9 Å². The highest BCUT2D eigenvalue weighted by atomic mass is 32.1. The Balaban J connectivity index is 1.71. The smallest absolute Gasteiger partial charge is 0.332 e.